The normalized spacial score (nSPS) is 10.5. The maximum absolute atomic E-state index is 10.9. The summed E-state index contributed by atoms with van der Waals surface area (Å²) >= 11 is 0. The smallest absolute Gasteiger partial charge is 0.373 e. The minimum atomic E-state index is -1.11. The standard InChI is InChI=1S/C14H15NO4/c1-4-9-7-10(5-6-11(9)18-3)13-15-8(2)12(19-13)14(16)17/h5-7H,4H2,1-3H3,(H,16,17). The number of carbonyl (C=O) groups is 1. The van der Waals surface area contributed by atoms with E-state index in [1.54, 1.807) is 20.1 Å². The summed E-state index contributed by atoms with van der Waals surface area (Å²) in [5.41, 5.74) is 2.14. The number of ether oxygens (including phenoxy) is 1. The van der Waals surface area contributed by atoms with Crippen molar-refractivity contribution < 1.29 is 19.1 Å². The fourth-order valence-corrected chi connectivity index (χ4v) is 1.91. The van der Waals surface area contributed by atoms with Gasteiger partial charge in [-0.25, -0.2) is 9.78 Å². The van der Waals surface area contributed by atoms with Gasteiger partial charge in [-0.3, -0.25) is 0 Å². The molecule has 100 valence electrons. The van der Waals surface area contributed by atoms with Crippen molar-refractivity contribution in [3.8, 4) is 17.2 Å². The molecule has 0 bridgehead atoms. The number of rotatable bonds is 4. The van der Waals surface area contributed by atoms with Crippen LogP contribution in [0.25, 0.3) is 11.5 Å². The first kappa shape index (κ1) is 13.1. The lowest BCUT2D eigenvalue weighted by Gasteiger charge is -2.07. The average Bonchev–Trinajstić information content (AvgIpc) is 2.80. The number of carboxylic acids is 1. The molecule has 1 heterocycles. The van der Waals surface area contributed by atoms with Gasteiger partial charge in [-0.1, -0.05) is 6.92 Å². The van der Waals surface area contributed by atoms with Crippen LogP contribution in [0.1, 0.15) is 28.7 Å². The third-order valence-corrected chi connectivity index (χ3v) is 2.90. The third kappa shape index (κ3) is 2.45. The van der Waals surface area contributed by atoms with Crippen LogP contribution in [0.4, 0.5) is 0 Å². The summed E-state index contributed by atoms with van der Waals surface area (Å²) in [6.45, 7) is 3.63. The van der Waals surface area contributed by atoms with E-state index in [2.05, 4.69) is 4.98 Å². The fourth-order valence-electron chi connectivity index (χ4n) is 1.91. The van der Waals surface area contributed by atoms with E-state index >= 15 is 0 Å². The molecule has 0 amide bonds. The second-order valence-corrected chi connectivity index (χ2v) is 4.12. The van der Waals surface area contributed by atoms with Crippen molar-refractivity contribution in [2.75, 3.05) is 7.11 Å². The Morgan fingerprint density at radius 3 is 2.74 bits per heavy atom. The Balaban J connectivity index is 2.47. The van der Waals surface area contributed by atoms with Crippen LogP contribution in [-0.4, -0.2) is 23.2 Å². The molecule has 0 saturated heterocycles. The molecule has 1 N–H and O–H groups in total. The van der Waals surface area contributed by atoms with E-state index in [4.69, 9.17) is 14.3 Å². The van der Waals surface area contributed by atoms with Crippen molar-refractivity contribution in [3.63, 3.8) is 0 Å². The number of oxazole rings is 1. The molecule has 1 aromatic heterocycles. The molecule has 0 unspecified atom stereocenters. The third-order valence-electron chi connectivity index (χ3n) is 2.90. The maximum Gasteiger partial charge on any atom is 0.373 e. The molecule has 0 aliphatic rings. The number of hydrogen-bond donors (Lipinski definition) is 1. The average molecular weight is 261 g/mol. The zero-order valence-electron chi connectivity index (χ0n) is 11.1. The Morgan fingerprint density at radius 1 is 1.47 bits per heavy atom. The van der Waals surface area contributed by atoms with Crippen molar-refractivity contribution in [2.45, 2.75) is 20.3 Å². The topological polar surface area (TPSA) is 72.6 Å². The van der Waals surface area contributed by atoms with Crippen LogP contribution >= 0.6 is 0 Å². The minimum absolute atomic E-state index is 0.121. The van der Waals surface area contributed by atoms with Gasteiger partial charge in [-0.05, 0) is 37.1 Å². The van der Waals surface area contributed by atoms with Crippen molar-refractivity contribution in [3.05, 3.63) is 35.2 Å². The van der Waals surface area contributed by atoms with E-state index in [1.165, 1.54) is 0 Å². The molecule has 2 rings (SSSR count). The van der Waals surface area contributed by atoms with Gasteiger partial charge in [0.25, 0.3) is 0 Å². The molecule has 0 atom stereocenters. The Labute approximate surface area is 110 Å². The molecule has 1 aromatic carbocycles. The largest absolute Gasteiger partial charge is 0.496 e. The molecule has 0 radical (unpaired) electrons. The first-order valence-corrected chi connectivity index (χ1v) is 5.94. The van der Waals surface area contributed by atoms with Gasteiger partial charge < -0.3 is 14.3 Å². The molecule has 0 fully saturated rings. The highest BCUT2D eigenvalue weighted by atomic mass is 16.5. The molecule has 0 saturated carbocycles. The van der Waals surface area contributed by atoms with Crippen LogP contribution in [0.3, 0.4) is 0 Å². The number of nitrogens with zero attached hydrogens (tertiary/aromatic N) is 1. The van der Waals surface area contributed by atoms with Gasteiger partial charge in [0.2, 0.25) is 11.7 Å². The van der Waals surface area contributed by atoms with Gasteiger partial charge >= 0.3 is 5.97 Å². The number of hydrogen-bond acceptors (Lipinski definition) is 4. The van der Waals surface area contributed by atoms with E-state index in [0.29, 0.717) is 11.6 Å². The van der Waals surface area contributed by atoms with E-state index in [-0.39, 0.29) is 5.76 Å². The van der Waals surface area contributed by atoms with Crippen molar-refractivity contribution in [1.82, 2.24) is 4.98 Å². The maximum atomic E-state index is 10.9. The summed E-state index contributed by atoms with van der Waals surface area (Å²) in [6, 6.07) is 5.53. The molecule has 0 aliphatic carbocycles. The van der Waals surface area contributed by atoms with Crippen LogP contribution in [0, 0.1) is 6.92 Å². The molecule has 5 heteroatoms. The van der Waals surface area contributed by atoms with Crippen molar-refractivity contribution in [1.29, 1.82) is 0 Å². The van der Waals surface area contributed by atoms with Gasteiger partial charge in [-0.15, -0.1) is 0 Å². The van der Waals surface area contributed by atoms with Crippen LogP contribution in [0.2, 0.25) is 0 Å². The zero-order chi connectivity index (χ0) is 14.0. The minimum Gasteiger partial charge on any atom is -0.496 e. The quantitative estimate of drug-likeness (QED) is 0.916. The van der Waals surface area contributed by atoms with Crippen LogP contribution < -0.4 is 4.74 Å². The Bertz CT molecular complexity index is 616. The molecule has 0 spiro atoms. The van der Waals surface area contributed by atoms with Crippen molar-refractivity contribution >= 4 is 5.97 Å². The lowest BCUT2D eigenvalue weighted by Crippen LogP contribution is -1.95. The number of aryl methyl sites for hydroxylation is 2. The summed E-state index contributed by atoms with van der Waals surface area (Å²) in [5.74, 6) is -0.121. The van der Waals surface area contributed by atoms with Crippen LogP contribution in [-0.2, 0) is 6.42 Å². The molecule has 19 heavy (non-hydrogen) atoms. The number of aromatic nitrogens is 1. The summed E-state index contributed by atoms with van der Waals surface area (Å²) in [4.78, 5) is 15.1. The second kappa shape index (κ2) is 5.14. The van der Waals surface area contributed by atoms with Gasteiger partial charge in [-0.2, -0.15) is 0 Å². The predicted octanol–water partition coefficient (Wildman–Crippen LogP) is 2.92. The van der Waals surface area contributed by atoms with Crippen molar-refractivity contribution in [2.24, 2.45) is 0 Å². The van der Waals surface area contributed by atoms with E-state index in [0.717, 1.165) is 23.3 Å². The van der Waals surface area contributed by atoms with Gasteiger partial charge in [0, 0.05) is 5.56 Å². The highest BCUT2D eigenvalue weighted by Gasteiger charge is 2.17. The van der Waals surface area contributed by atoms with Crippen LogP contribution in [0.15, 0.2) is 22.6 Å². The van der Waals surface area contributed by atoms with E-state index < -0.39 is 5.97 Å². The molecular weight excluding hydrogens is 246 g/mol. The molecule has 0 aliphatic heterocycles. The lowest BCUT2D eigenvalue weighted by atomic mass is 10.1. The SMILES string of the molecule is CCc1cc(-c2nc(C)c(C(=O)O)o2)ccc1OC. The first-order chi connectivity index (χ1) is 9.06. The molecule has 2 aromatic rings. The van der Waals surface area contributed by atoms with E-state index in [9.17, 15) is 4.79 Å². The summed E-state index contributed by atoms with van der Waals surface area (Å²) < 4.78 is 10.5. The second-order valence-electron chi connectivity index (χ2n) is 4.12. The molecule has 5 nitrogen and oxygen atoms in total. The highest BCUT2D eigenvalue weighted by Crippen LogP contribution is 2.27. The number of aromatic carboxylic acids is 1. The zero-order valence-corrected chi connectivity index (χ0v) is 11.1. The van der Waals surface area contributed by atoms with Gasteiger partial charge in [0.05, 0.1) is 12.8 Å². The number of methoxy groups -OCH3 is 1. The number of carboxylic acid groups (broad SMARTS) is 1. The predicted molar refractivity (Wildman–Crippen MR) is 69.6 cm³/mol. The monoisotopic (exact) mass is 261 g/mol. The molecular formula is C14H15NO4. The van der Waals surface area contributed by atoms with Gasteiger partial charge in [0.1, 0.15) is 5.75 Å². The van der Waals surface area contributed by atoms with Gasteiger partial charge in [0.15, 0.2) is 0 Å². The summed E-state index contributed by atoms with van der Waals surface area (Å²) in [7, 11) is 1.62. The summed E-state index contributed by atoms with van der Waals surface area (Å²) in [5, 5.41) is 8.96. The highest BCUT2D eigenvalue weighted by molar-refractivity contribution is 5.86. The Morgan fingerprint density at radius 2 is 2.21 bits per heavy atom. The Hall–Kier alpha value is -2.30. The lowest BCUT2D eigenvalue weighted by molar-refractivity contribution is 0.0662. The fraction of sp³-hybridized carbons (Fsp3) is 0.286. The van der Waals surface area contributed by atoms with Crippen LogP contribution in [0.5, 0.6) is 5.75 Å². The summed E-state index contributed by atoms with van der Waals surface area (Å²) in [6.07, 6.45) is 0.808. The number of benzene rings is 1. The van der Waals surface area contributed by atoms with E-state index in [1.807, 2.05) is 19.1 Å². The first-order valence-electron chi connectivity index (χ1n) is 5.94. The Kier molecular flexibility index (Phi) is 3.55.